The van der Waals surface area contributed by atoms with E-state index in [-0.39, 0.29) is 5.56 Å². The maximum absolute atomic E-state index is 13.4. The minimum atomic E-state index is -4.73. The smallest absolute Gasteiger partial charge is 0.417 e. The summed E-state index contributed by atoms with van der Waals surface area (Å²) in [5.41, 5.74) is -1.51. The van der Waals surface area contributed by atoms with Crippen molar-refractivity contribution < 1.29 is 27.1 Å². The van der Waals surface area contributed by atoms with Gasteiger partial charge in [0, 0.05) is 5.56 Å². The van der Waals surface area contributed by atoms with Crippen LogP contribution in [0, 0.1) is 5.82 Å². The summed E-state index contributed by atoms with van der Waals surface area (Å²) in [5, 5.41) is -1.04. The lowest BCUT2D eigenvalue weighted by Crippen LogP contribution is -2.11. The molecule has 0 N–H and O–H groups in total. The Morgan fingerprint density at radius 1 is 1.41 bits per heavy atom. The summed E-state index contributed by atoms with van der Waals surface area (Å²) in [7, 11) is 1.09. The first-order valence-corrected chi connectivity index (χ1v) is 4.76. The molecule has 0 saturated carbocycles. The molecule has 0 spiro atoms. The third-order valence-electron chi connectivity index (χ3n) is 2.03. The van der Waals surface area contributed by atoms with Gasteiger partial charge >= 0.3 is 12.1 Å². The monoisotopic (exact) mass is 270 g/mol. The number of hydrogen-bond acceptors (Lipinski definition) is 2. The zero-order valence-corrected chi connectivity index (χ0v) is 9.32. The predicted octanol–water partition coefficient (Wildman–Crippen LogP) is 3.21. The van der Waals surface area contributed by atoms with Crippen molar-refractivity contribution in [2.45, 2.75) is 12.6 Å². The molecule has 0 aliphatic rings. The summed E-state index contributed by atoms with van der Waals surface area (Å²) in [5.74, 6) is -2.02. The number of halogens is 5. The van der Waals surface area contributed by atoms with Gasteiger partial charge in [0.1, 0.15) is 5.82 Å². The number of alkyl halides is 3. The Labute approximate surface area is 99.1 Å². The van der Waals surface area contributed by atoms with Crippen molar-refractivity contribution in [3.63, 3.8) is 0 Å². The molecule has 94 valence electrons. The Hall–Kier alpha value is -1.30. The van der Waals surface area contributed by atoms with Crippen LogP contribution in [0.3, 0.4) is 0 Å². The molecule has 2 nitrogen and oxygen atoms in total. The molecule has 1 rings (SSSR count). The number of esters is 1. The molecule has 7 heteroatoms. The normalized spacial score (nSPS) is 11.4. The highest BCUT2D eigenvalue weighted by molar-refractivity contribution is 6.31. The first-order chi connectivity index (χ1) is 7.77. The zero-order valence-electron chi connectivity index (χ0n) is 8.57. The second-order valence-corrected chi connectivity index (χ2v) is 3.53. The van der Waals surface area contributed by atoms with E-state index in [2.05, 4.69) is 4.74 Å². The van der Waals surface area contributed by atoms with Crippen LogP contribution < -0.4 is 0 Å². The van der Waals surface area contributed by atoms with Gasteiger partial charge in [0.25, 0.3) is 0 Å². The number of hydrogen-bond donors (Lipinski definition) is 0. The fourth-order valence-electron chi connectivity index (χ4n) is 1.17. The Morgan fingerprint density at radius 2 is 2.00 bits per heavy atom. The number of carbonyl (C=O) groups excluding carboxylic acids is 1. The summed E-state index contributed by atoms with van der Waals surface area (Å²) in [6.07, 6.45) is -5.21. The Morgan fingerprint density at radius 3 is 2.47 bits per heavy atom. The van der Waals surface area contributed by atoms with E-state index >= 15 is 0 Å². The molecule has 1 aromatic carbocycles. The summed E-state index contributed by atoms with van der Waals surface area (Å²) >= 11 is 5.26. The highest BCUT2D eigenvalue weighted by atomic mass is 35.5. The number of carbonyl (C=O) groups is 1. The van der Waals surface area contributed by atoms with Gasteiger partial charge in [0.2, 0.25) is 0 Å². The van der Waals surface area contributed by atoms with E-state index in [9.17, 15) is 22.4 Å². The molecular weight excluding hydrogens is 264 g/mol. The lowest BCUT2D eigenvalue weighted by Gasteiger charge is -2.11. The number of benzene rings is 1. The third kappa shape index (κ3) is 3.09. The largest absolute Gasteiger partial charge is 0.469 e. The SMILES string of the molecule is COC(=O)Cc1ccc(C(F)(F)F)c(Cl)c1F. The minimum absolute atomic E-state index is 0.241. The van der Waals surface area contributed by atoms with Crippen LogP contribution in [0.5, 0.6) is 0 Å². The number of methoxy groups -OCH3 is 1. The maximum Gasteiger partial charge on any atom is 0.417 e. The first kappa shape index (κ1) is 13.8. The number of ether oxygens (including phenoxy) is 1. The van der Waals surface area contributed by atoms with E-state index in [1.165, 1.54) is 0 Å². The molecule has 1 aromatic rings. The van der Waals surface area contributed by atoms with Gasteiger partial charge in [-0.25, -0.2) is 4.39 Å². The Balaban J connectivity index is 3.15. The van der Waals surface area contributed by atoms with Crippen molar-refractivity contribution in [1.82, 2.24) is 0 Å². The van der Waals surface area contributed by atoms with Gasteiger partial charge in [-0.3, -0.25) is 4.79 Å². The second-order valence-electron chi connectivity index (χ2n) is 3.15. The van der Waals surface area contributed by atoms with Crippen molar-refractivity contribution in [1.29, 1.82) is 0 Å². The maximum atomic E-state index is 13.4. The highest BCUT2D eigenvalue weighted by Gasteiger charge is 2.35. The molecule has 0 atom stereocenters. The van der Waals surface area contributed by atoms with Gasteiger partial charge in [-0.2, -0.15) is 13.2 Å². The summed E-state index contributed by atoms with van der Waals surface area (Å²) in [4.78, 5) is 10.9. The molecule has 17 heavy (non-hydrogen) atoms. The number of rotatable bonds is 2. The quantitative estimate of drug-likeness (QED) is 0.609. The molecule has 0 bridgehead atoms. The van der Waals surface area contributed by atoms with E-state index < -0.39 is 35.0 Å². The van der Waals surface area contributed by atoms with Gasteiger partial charge in [-0.1, -0.05) is 17.7 Å². The molecule has 0 aliphatic carbocycles. The molecule has 0 aromatic heterocycles. The molecule has 0 amide bonds. The molecule has 0 heterocycles. The standard InChI is InChI=1S/C10H7ClF4O2/c1-17-7(16)4-5-2-3-6(10(13,14)15)8(11)9(5)12/h2-3H,4H2,1H3. The third-order valence-corrected chi connectivity index (χ3v) is 2.40. The minimum Gasteiger partial charge on any atom is -0.469 e. The van der Waals surface area contributed by atoms with Gasteiger partial charge < -0.3 is 4.74 Å². The van der Waals surface area contributed by atoms with Crippen LogP contribution in [0.15, 0.2) is 12.1 Å². The molecule has 0 saturated heterocycles. The van der Waals surface area contributed by atoms with Crippen LogP contribution in [0.1, 0.15) is 11.1 Å². The van der Waals surface area contributed by atoms with Crippen LogP contribution in [-0.2, 0) is 22.1 Å². The molecule has 0 radical (unpaired) electrons. The summed E-state index contributed by atoms with van der Waals surface area (Å²) in [6, 6.07) is 1.49. The highest BCUT2D eigenvalue weighted by Crippen LogP contribution is 2.36. The average Bonchev–Trinajstić information content (AvgIpc) is 2.22. The second kappa shape index (κ2) is 4.91. The lowest BCUT2D eigenvalue weighted by molar-refractivity contribution is -0.139. The van der Waals surface area contributed by atoms with E-state index in [4.69, 9.17) is 11.6 Å². The summed E-state index contributed by atoms with van der Waals surface area (Å²) < 4.78 is 54.8. The topological polar surface area (TPSA) is 26.3 Å². The van der Waals surface area contributed by atoms with Crippen LogP contribution >= 0.6 is 11.6 Å². The fourth-order valence-corrected chi connectivity index (χ4v) is 1.46. The van der Waals surface area contributed by atoms with Crippen molar-refractivity contribution in [2.75, 3.05) is 7.11 Å². The van der Waals surface area contributed by atoms with Crippen LogP contribution in [-0.4, -0.2) is 13.1 Å². The van der Waals surface area contributed by atoms with Crippen molar-refractivity contribution >= 4 is 17.6 Å². The molecular formula is C10H7ClF4O2. The van der Waals surface area contributed by atoms with Gasteiger partial charge in [0.15, 0.2) is 0 Å². The van der Waals surface area contributed by atoms with Gasteiger partial charge in [0.05, 0.1) is 24.1 Å². The van der Waals surface area contributed by atoms with Crippen LogP contribution in [0.4, 0.5) is 17.6 Å². The van der Waals surface area contributed by atoms with Crippen molar-refractivity contribution in [3.8, 4) is 0 Å². The van der Waals surface area contributed by atoms with E-state index in [1.807, 2.05) is 0 Å². The van der Waals surface area contributed by atoms with Crippen molar-refractivity contribution in [3.05, 3.63) is 34.1 Å². The molecule has 0 unspecified atom stereocenters. The zero-order chi connectivity index (χ0) is 13.2. The van der Waals surface area contributed by atoms with Gasteiger partial charge in [-0.05, 0) is 6.07 Å². The molecule has 0 aliphatic heterocycles. The van der Waals surface area contributed by atoms with E-state index in [0.717, 1.165) is 13.2 Å². The van der Waals surface area contributed by atoms with Crippen molar-refractivity contribution in [2.24, 2.45) is 0 Å². The summed E-state index contributed by atoms with van der Waals surface area (Å²) in [6.45, 7) is 0. The first-order valence-electron chi connectivity index (χ1n) is 4.38. The van der Waals surface area contributed by atoms with Gasteiger partial charge in [-0.15, -0.1) is 0 Å². The Bertz CT molecular complexity index is 443. The molecule has 0 fully saturated rings. The van der Waals surface area contributed by atoms with Crippen LogP contribution in [0.25, 0.3) is 0 Å². The Kier molecular flexibility index (Phi) is 3.98. The lowest BCUT2D eigenvalue weighted by atomic mass is 10.1. The average molecular weight is 271 g/mol. The predicted molar refractivity (Wildman–Crippen MR) is 52.1 cm³/mol. The van der Waals surface area contributed by atoms with E-state index in [0.29, 0.717) is 6.07 Å². The van der Waals surface area contributed by atoms with E-state index in [1.54, 1.807) is 0 Å². The fraction of sp³-hybridized carbons (Fsp3) is 0.300. The van der Waals surface area contributed by atoms with Crippen LogP contribution in [0.2, 0.25) is 5.02 Å².